The Morgan fingerprint density at radius 3 is 2.52 bits per heavy atom. The molecule has 2 N–H and O–H groups in total. The Balaban J connectivity index is 1.49. The van der Waals surface area contributed by atoms with Gasteiger partial charge in [-0.3, -0.25) is 9.69 Å². The molecule has 0 unspecified atom stereocenters. The van der Waals surface area contributed by atoms with Crippen LogP contribution in [-0.2, 0) is 5.54 Å². The third-order valence-corrected chi connectivity index (χ3v) is 8.47. The first-order valence-corrected chi connectivity index (χ1v) is 12.2. The number of nitriles is 1. The molecule has 2 aromatic rings. The van der Waals surface area contributed by atoms with Crippen molar-refractivity contribution < 1.29 is 4.79 Å². The molecule has 0 aliphatic heterocycles. The van der Waals surface area contributed by atoms with Gasteiger partial charge < -0.3 is 10.3 Å². The maximum Gasteiger partial charge on any atom is 0.291 e. The van der Waals surface area contributed by atoms with Gasteiger partial charge in [-0.25, -0.2) is 4.98 Å². The molecular weight excluding hydrogens is 410 g/mol. The van der Waals surface area contributed by atoms with Gasteiger partial charge >= 0.3 is 0 Å². The molecule has 2 saturated carbocycles. The minimum absolute atomic E-state index is 0.0852. The maximum absolute atomic E-state index is 12.9. The lowest BCUT2D eigenvalue weighted by Crippen LogP contribution is -2.47. The van der Waals surface area contributed by atoms with Crippen LogP contribution >= 0.6 is 0 Å². The van der Waals surface area contributed by atoms with E-state index >= 15 is 0 Å². The molecule has 0 atom stereocenters. The third-order valence-electron chi connectivity index (χ3n) is 8.47. The summed E-state index contributed by atoms with van der Waals surface area (Å²) in [4.78, 5) is 22.1. The van der Waals surface area contributed by atoms with E-state index < -0.39 is 0 Å². The number of benzene rings is 1. The number of nitrogens with one attached hydrogen (secondary N) is 2. The van der Waals surface area contributed by atoms with E-state index in [1.54, 1.807) is 0 Å². The number of allylic oxidation sites excluding steroid dienone is 2. The molecule has 1 spiro atoms. The summed E-state index contributed by atoms with van der Waals surface area (Å²) in [5.41, 5.74) is 5.43. The zero-order valence-electron chi connectivity index (χ0n) is 19.7. The topological polar surface area (TPSA) is 84.8 Å². The average Bonchev–Trinajstić information content (AvgIpc) is 3.44. The molecule has 33 heavy (non-hydrogen) atoms. The molecule has 1 amide bonds. The number of amides is 1. The summed E-state index contributed by atoms with van der Waals surface area (Å²) in [7, 11) is 4.34. The molecule has 1 aromatic carbocycles. The molecule has 2 fully saturated rings. The first kappa shape index (κ1) is 21.9. The summed E-state index contributed by atoms with van der Waals surface area (Å²) in [6.45, 7) is 0. The number of H-pyrrole nitrogens is 1. The molecule has 6 nitrogen and oxygen atoms in total. The van der Waals surface area contributed by atoms with Crippen LogP contribution in [0.4, 0.5) is 5.69 Å². The molecule has 172 valence electrons. The van der Waals surface area contributed by atoms with E-state index in [1.165, 1.54) is 55.9 Å². The van der Waals surface area contributed by atoms with Crippen LogP contribution in [-0.4, -0.2) is 34.9 Å². The van der Waals surface area contributed by atoms with Crippen molar-refractivity contribution in [1.82, 2.24) is 14.9 Å². The van der Waals surface area contributed by atoms with E-state index in [2.05, 4.69) is 58.6 Å². The van der Waals surface area contributed by atoms with Crippen LogP contribution in [0.25, 0.3) is 5.57 Å². The van der Waals surface area contributed by atoms with Crippen molar-refractivity contribution in [3.8, 4) is 6.07 Å². The van der Waals surface area contributed by atoms with Crippen LogP contribution < -0.4 is 5.32 Å². The van der Waals surface area contributed by atoms with E-state index in [0.29, 0.717) is 5.41 Å². The number of aromatic amines is 1. The standard InChI is InChI=1S/C27H33N5O/c1-32(2)27(12-5-13-27)20-6-7-23(31-25(33)24-29-18-21(17-28)30-24)22(16-20)19-8-14-26(15-9-19)10-3-4-11-26/h6-8,16,18H,3-5,9-15H2,1-2H3,(H,29,30)(H,31,33). The van der Waals surface area contributed by atoms with Gasteiger partial charge in [0.25, 0.3) is 5.91 Å². The van der Waals surface area contributed by atoms with Crippen molar-refractivity contribution in [2.75, 3.05) is 19.4 Å². The summed E-state index contributed by atoms with van der Waals surface area (Å²) < 4.78 is 0. The Bertz CT molecular complexity index is 1130. The fourth-order valence-electron chi connectivity index (χ4n) is 6.16. The fourth-order valence-corrected chi connectivity index (χ4v) is 6.16. The van der Waals surface area contributed by atoms with Crippen LogP contribution in [0.2, 0.25) is 0 Å². The van der Waals surface area contributed by atoms with E-state index in [1.807, 2.05) is 6.07 Å². The maximum atomic E-state index is 12.9. The van der Waals surface area contributed by atoms with Gasteiger partial charge in [0, 0.05) is 23.0 Å². The molecule has 3 aliphatic rings. The third kappa shape index (κ3) is 3.89. The zero-order chi connectivity index (χ0) is 23.1. The van der Waals surface area contributed by atoms with Crippen molar-refractivity contribution in [2.24, 2.45) is 5.41 Å². The second-order valence-corrected chi connectivity index (χ2v) is 10.4. The van der Waals surface area contributed by atoms with E-state index in [4.69, 9.17) is 5.26 Å². The number of nitrogens with zero attached hydrogens (tertiary/aromatic N) is 3. The number of aromatic nitrogens is 2. The van der Waals surface area contributed by atoms with E-state index in [9.17, 15) is 4.79 Å². The van der Waals surface area contributed by atoms with Gasteiger partial charge in [0.05, 0.1) is 0 Å². The molecule has 6 heteroatoms. The van der Waals surface area contributed by atoms with Crippen molar-refractivity contribution >= 4 is 17.2 Å². The number of anilines is 1. The monoisotopic (exact) mass is 443 g/mol. The van der Waals surface area contributed by atoms with Gasteiger partial charge in [0.2, 0.25) is 0 Å². The van der Waals surface area contributed by atoms with Gasteiger partial charge in [0.1, 0.15) is 6.07 Å². The number of hydrogen-bond acceptors (Lipinski definition) is 4. The summed E-state index contributed by atoms with van der Waals surface area (Å²) in [5.74, 6) is -0.159. The Morgan fingerprint density at radius 2 is 1.94 bits per heavy atom. The predicted octanol–water partition coefficient (Wildman–Crippen LogP) is 5.60. The molecule has 1 aromatic heterocycles. The number of imidazole rings is 1. The summed E-state index contributed by atoms with van der Waals surface area (Å²) >= 11 is 0. The zero-order valence-corrected chi connectivity index (χ0v) is 19.7. The van der Waals surface area contributed by atoms with Crippen LogP contribution in [0.1, 0.15) is 91.6 Å². The van der Waals surface area contributed by atoms with Crippen LogP contribution in [0.3, 0.4) is 0 Å². The minimum atomic E-state index is -0.319. The Hall–Kier alpha value is -2.91. The van der Waals surface area contributed by atoms with E-state index in [0.717, 1.165) is 36.9 Å². The Morgan fingerprint density at radius 1 is 1.15 bits per heavy atom. The molecule has 0 bridgehead atoms. The Kier molecular flexibility index (Phi) is 5.62. The minimum Gasteiger partial charge on any atom is -0.339 e. The highest BCUT2D eigenvalue weighted by Crippen LogP contribution is 2.51. The average molecular weight is 444 g/mol. The summed E-state index contributed by atoms with van der Waals surface area (Å²) in [5, 5.41) is 12.1. The molecule has 0 saturated heterocycles. The van der Waals surface area contributed by atoms with Gasteiger partial charge in [-0.15, -0.1) is 0 Å². The lowest BCUT2D eigenvalue weighted by Gasteiger charge is -2.48. The lowest BCUT2D eigenvalue weighted by atomic mass is 9.69. The lowest BCUT2D eigenvalue weighted by molar-refractivity contribution is 0.0577. The van der Waals surface area contributed by atoms with Crippen LogP contribution in [0.5, 0.6) is 0 Å². The highest BCUT2D eigenvalue weighted by atomic mass is 16.2. The SMILES string of the molecule is CN(C)C1(c2ccc(NC(=O)c3nc(C#N)c[nH]3)c(C3=CCC4(CCCC4)CC3)c2)CCC1. The van der Waals surface area contributed by atoms with Gasteiger partial charge in [-0.05, 0) is 94.1 Å². The van der Waals surface area contributed by atoms with Crippen molar-refractivity contribution in [2.45, 2.75) is 69.7 Å². The van der Waals surface area contributed by atoms with Crippen LogP contribution in [0.15, 0.2) is 30.5 Å². The highest BCUT2D eigenvalue weighted by molar-refractivity contribution is 6.03. The molecule has 3 aliphatic carbocycles. The van der Waals surface area contributed by atoms with Gasteiger partial charge in [-0.2, -0.15) is 5.26 Å². The first-order valence-electron chi connectivity index (χ1n) is 12.2. The largest absolute Gasteiger partial charge is 0.339 e. The van der Waals surface area contributed by atoms with Crippen molar-refractivity contribution in [1.29, 1.82) is 5.26 Å². The van der Waals surface area contributed by atoms with Gasteiger partial charge in [0.15, 0.2) is 11.5 Å². The number of hydrogen-bond donors (Lipinski definition) is 2. The molecule has 0 radical (unpaired) electrons. The summed E-state index contributed by atoms with van der Waals surface area (Å²) in [6.07, 6.45) is 16.3. The first-order chi connectivity index (χ1) is 15.9. The van der Waals surface area contributed by atoms with Crippen molar-refractivity contribution in [3.05, 3.63) is 53.1 Å². The predicted molar refractivity (Wildman–Crippen MR) is 130 cm³/mol. The fraction of sp³-hybridized carbons (Fsp3) is 0.519. The highest BCUT2D eigenvalue weighted by Gasteiger charge is 2.41. The molecule has 5 rings (SSSR count). The molecule has 1 heterocycles. The van der Waals surface area contributed by atoms with E-state index in [-0.39, 0.29) is 23.0 Å². The van der Waals surface area contributed by atoms with Crippen LogP contribution in [0, 0.1) is 16.7 Å². The van der Waals surface area contributed by atoms with Crippen molar-refractivity contribution in [3.63, 3.8) is 0 Å². The quantitative estimate of drug-likeness (QED) is 0.630. The van der Waals surface area contributed by atoms with Gasteiger partial charge in [-0.1, -0.05) is 25.0 Å². The normalized spacial score (nSPS) is 20.8. The molecular formula is C27H33N5O. The number of carbonyl (C=O) groups excluding carboxylic acids is 1. The summed E-state index contributed by atoms with van der Waals surface area (Å²) in [6, 6.07) is 8.51. The number of rotatable bonds is 5. The second-order valence-electron chi connectivity index (χ2n) is 10.4. The second kappa shape index (κ2) is 8.46. The smallest absolute Gasteiger partial charge is 0.291 e. The number of carbonyl (C=O) groups is 1. The Labute approximate surface area is 196 Å².